The molecular weight excluding hydrogens is 216 g/mol. The molecule has 0 aromatic heterocycles. The van der Waals surface area contributed by atoms with Crippen LogP contribution in [-0.4, -0.2) is 19.5 Å². The van der Waals surface area contributed by atoms with Gasteiger partial charge >= 0.3 is 0 Å². The normalized spacial score (nSPS) is 14.7. The summed E-state index contributed by atoms with van der Waals surface area (Å²) in [6.07, 6.45) is 4.01. The van der Waals surface area contributed by atoms with E-state index in [-0.39, 0.29) is 6.10 Å². The quantitative estimate of drug-likeness (QED) is 0.398. The van der Waals surface area contributed by atoms with Gasteiger partial charge in [-0.2, -0.15) is 0 Å². The van der Waals surface area contributed by atoms with E-state index in [0.717, 1.165) is 23.9 Å². The molecule has 2 nitrogen and oxygen atoms in total. The van der Waals surface area contributed by atoms with Crippen molar-refractivity contribution in [2.24, 2.45) is 0 Å². The number of aliphatic hydroxyl groups is 1. The molecule has 16 heavy (non-hydrogen) atoms. The van der Waals surface area contributed by atoms with Gasteiger partial charge in [0.05, 0.1) is 11.9 Å². The summed E-state index contributed by atoms with van der Waals surface area (Å²) in [5, 5.41) is 9.24. The van der Waals surface area contributed by atoms with Gasteiger partial charge < -0.3 is 9.53 Å². The second-order valence-electron chi connectivity index (χ2n) is 4.24. The van der Waals surface area contributed by atoms with Gasteiger partial charge in [-0.3, -0.25) is 0 Å². The van der Waals surface area contributed by atoms with Crippen molar-refractivity contribution in [3.8, 4) is 0 Å². The maximum atomic E-state index is 9.24. The molecule has 0 heterocycles. The molecule has 0 amide bonds. The number of rotatable bonds is 8. The summed E-state index contributed by atoms with van der Waals surface area (Å²) in [7, 11) is -1.59. The van der Waals surface area contributed by atoms with Crippen molar-refractivity contribution in [2.45, 2.75) is 58.4 Å². The third-order valence-corrected chi connectivity index (χ3v) is 7.66. The minimum absolute atomic E-state index is 0.320. The first-order valence-corrected chi connectivity index (χ1v) is 8.76. The van der Waals surface area contributed by atoms with Gasteiger partial charge in [-0.25, -0.2) is 0 Å². The fraction of sp³-hybridized carbons (Fsp3) is 0.692. The lowest BCUT2D eigenvalue weighted by Gasteiger charge is -2.29. The predicted octanol–water partition coefficient (Wildman–Crippen LogP) is 3.85. The van der Waals surface area contributed by atoms with Crippen LogP contribution < -0.4 is 0 Å². The molecule has 0 saturated carbocycles. The Kier molecular flexibility index (Phi) is 7.42. The Morgan fingerprint density at radius 2 is 1.81 bits per heavy atom. The summed E-state index contributed by atoms with van der Waals surface area (Å²) >= 11 is 0. The number of allylic oxidation sites excluding steroid dienone is 1. The van der Waals surface area contributed by atoms with Crippen LogP contribution in [0.3, 0.4) is 0 Å². The Morgan fingerprint density at radius 3 is 2.12 bits per heavy atom. The van der Waals surface area contributed by atoms with E-state index in [1.165, 1.54) is 0 Å². The van der Waals surface area contributed by atoms with Crippen molar-refractivity contribution in [2.75, 3.05) is 0 Å². The molecule has 0 rings (SSSR count). The summed E-state index contributed by atoms with van der Waals surface area (Å²) < 4.78 is 6.16. The molecule has 1 N–H and O–H groups in total. The fourth-order valence-electron chi connectivity index (χ4n) is 1.67. The molecule has 1 unspecified atom stereocenters. The largest absolute Gasteiger partial charge is 0.544 e. The first-order chi connectivity index (χ1) is 7.53. The van der Waals surface area contributed by atoms with Crippen LogP contribution in [0.5, 0.6) is 0 Å². The van der Waals surface area contributed by atoms with E-state index in [1.54, 1.807) is 13.0 Å². The van der Waals surface area contributed by atoms with Gasteiger partial charge in [0.2, 0.25) is 8.32 Å². The SMILES string of the molecule is C=CC(=CCC(C)O)O[Si](CC)(CC)CC. The van der Waals surface area contributed by atoms with Gasteiger partial charge in [-0.1, -0.05) is 27.4 Å². The topological polar surface area (TPSA) is 29.5 Å². The van der Waals surface area contributed by atoms with Crippen molar-refractivity contribution in [1.29, 1.82) is 0 Å². The van der Waals surface area contributed by atoms with Gasteiger partial charge in [0.1, 0.15) is 0 Å². The molecule has 0 aromatic carbocycles. The molecule has 0 radical (unpaired) electrons. The van der Waals surface area contributed by atoms with E-state index < -0.39 is 8.32 Å². The Labute approximate surface area is 101 Å². The van der Waals surface area contributed by atoms with Crippen LogP contribution in [0.15, 0.2) is 24.5 Å². The second-order valence-corrected chi connectivity index (χ2v) is 8.93. The Morgan fingerprint density at radius 1 is 1.31 bits per heavy atom. The standard InChI is InChI=1S/C13H26O2Si/c1-6-13(11-10-12(5)14)15-16(7-2,8-3)9-4/h6,11-12,14H,1,7-10H2,2-5H3. The van der Waals surface area contributed by atoms with Crippen LogP contribution in [0.25, 0.3) is 0 Å². The van der Waals surface area contributed by atoms with Crippen LogP contribution in [0.1, 0.15) is 34.1 Å². The zero-order valence-electron chi connectivity index (χ0n) is 11.1. The number of aliphatic hydroxyl groups excluding tert-OH is 1. The van der Waals surface area contributed by atoms with Crippen LogP contribution in [0.2, 0.25) is 18.1 Å². The highest BCUT2D eigenvalue weighted by atomic mass is 28.4. The van der Waals surface area contributed by atoms with E-state index in [0.29, 0.717) is 6.42 Å². The maximum Gasteiger partial charge on any atom is 0.250 e. The van der Waals surface area contributed by atoms with Crippen LogP contribution in [0.4, 0.5) is 0 Å². The lowest BCUT2D eigenvalue weighted by Crippen LogP contribution is -2.35. The van der Waals surface area contributed by atoms with Gasteiger partial charge in [0.25, 0.3) is 0 Å². The highest BCUT2D eigenvalue weighted by Gasteiger charge is 2.30. The predicted molar refractivity (Wildman–Crippen MR) is 72.9 cm³/mol. The van der Waals surface area contributed by atoms with Gasteiger partial charge in [0, 0.05) is 0 Å². The van der Waals surface area contributed by atoms with Gasteiger partial charge in [-0.15, -0.1) is 0 Å². The third kappa shape index (κ3) is 4.99. The average molecular weight is 242 g/mol. The van der Waals surface area contributed by atoms with Gasteiger partial charge in [-0.05, 0) is 43.6 Å². The fourth-order valence-corrected chi connectivity index (χ4v) is 4.27. The Bertz CT molecular complexity index is 222. The highest BCUT2D eigenvalue weighted by molar-refractivity contribution is 6.73. The first kappa shape index (κ1) is 15.5. The van der Waals surface area contributed by atoms with E-state index in [9.17, 15) is 5.11 Å². The maximum absolute atomic E-state index is 9.24. The highest BCUT2D eigenvalue weighted by Crippen LogP contribution is 2.25. The zero-order valence-corrected chi connectivity index (χ0v) is 12.1. The molecule has 0 aliphatic rings. The molecule has 0 spiro atoms. The van der Waals surface area contributed by atoms with E-state index in [2.05, 4.69) is 27.4 Å². The molecule has 0 aromatic rings. The average Bonchev–Trinajstić information content (AvgIpc) is 2.30. The smallest absolute Gasteiger partial charge is 0.250 e. The minimum atomic E-state index is -1.59. The first-order valence-electron chi connectivity index (χ1n) is 6.23. The molecule has 0 bridgehead atoms. The van der Waals surface area contributed by atoms with E-state index in [1.807, 2.05) is 6.08 Å². The molecule has 0 aliphatic heterocycles. The number of hydrogen-bond donors (Lipinski definition) is 1. The van der Waals surface area contributed by atoms with Crippen molar-refractivity contribution in [3.05, 3.63) is 24.5 Å². The van der Waals surface area contributed by atoms with Crippen LogP contribution in [0, 0.1) is 0 Å². The molecule has 0 aliphatic carbocycles. The van der Waals surface area contributed by atoms with Crippen molar-refractivity contribution in [1.82, 2.24) is 0 Å². The molecule has 0 fully saturated rings. The Balaban J connectivity index is 4.61. The van der Waals surface area contributed by atoms with Crippen LogP contribution in [-0.2, 0) is 4.43 Å². The second kappa shape index (κ2) is 7.69. The lowest BCUT2D eigenvalue weighted by molar-refractivity contribution is 0.197. The summed E-state index contributed by atoms with van der Waals surface area (Å²) in [6.45, 7) is 12.2. The summed E-state index contributed by atoms with van der Waals surface area (Å²) in [6, 6.07) is 3.37. The third-order valence-electron chi connectivity index (χ3n) is 3.13. The molecule has 94 valence electrons. The van der Waals surface area contributed by atoms with E-state index in [4.69, 9.17) is 4.43 Å². The zero-order chi connectivity index (χ0) is 12.6. The summed E-state index contributed by atoms with van der Waals surface area (Å²) in [4.78, 5) is 0. The summed E-state index contributed by atoms with van der Waals surface area (Å²) in [5.74, 6) is 0.845. The molecule has 1 atom stereocenters. The van der Waals surface area contributed by atoms with Gasteiger partial charge in [0.15, 0.2) is 0 Å². The number of hydrogen-bond acceptors (Lipinski definition) is 2. The van der Waals surface area contributed by atoms with Crippen molar-refractivity contribution < 1.29 is 9.53 Å². The molecule has 3 heteroatoms. The molecular formula is C13H26O2Si. The van der Waals surface area contributed by atoms with Crippen LogP contribution >= 0.6 is 0 Å². The van der Waals surface area contributed by atoms with Crippen molar-refractivity contribution >= 4 is 8.32 Å². The van der Waals surface area contributed by atoms with E-state index >= 15 is 0 Å². The molecule has 0 saturated heterocycles. The van der Waals surface area contributed by atoms with Crippen molar-refractivity contribution in [3.63, 3.8) is 0 Å². The minimum Gasteiger partial charge on any atom is -0.544 e. The lowest BCUT2D eigenvalue weighted by atomic mass is 10.2. The monoisotopic (exact) mass is 242 g/mol. The Hall–Kier alpha value is -0.543. The summed E-state index contributed by atoms with van der Waals surface area (Å²) in [5.41, 5.74) is 0.